The number of aryl methyl sites for hydroxylation is 3. The maximum absolute atomic E-state index is 9.19. The Balaban J connectivity index is 1.93. The lowest BCUT2D eigenvalue weighted by atomic mass is 10.1. The summed E-state index contributed by atoms with van der Waals surface area (Å²) in [4.78, 5) is 4.42. The third-order valence-electron chi connectivity index (χ3n) is 3.23. The van der Waals surface area contributed by atoms with E-state index in [-0.39, 0.29) is 0 Å². The first-order valence-electron chi connectivity index (χ1n) is 6.87. The number of aromatic nitrogens is 1. The Hall–Kier alpha value is -2.34. The van der Waals surface area contributed by atoms with Gasteiger partial charge in [0.25, 0.3) is 0 Å². The van der Waals surface area contributed by atoms with Crippen molar-refractivity contribution in [3.05, 3.63) is 58.8 Å². The maximum atomic E-state index is 9.19. The fraction of sp³-hybridized carbons (Fsp3) is 0.294. The van der Waals surface area contributed by atoms with E-state index in [2.05, 4.69) is 40.6 Å². The summed E-state index contributed by atoms with van der Waals surface area (Å²) in [6, 6.07) is 14.6. The Kier molecular flexibility index (Phi) is 4.73. The summed E-state index contributed by atoms with van der Waals surface area (Å²) in [5.41, 5.74) is 3.90. The SMILES string of the molecule is Cc1cc(C)c(C#N)c(NCCCc2ccccc2)n1. The Morgan fingerprint density at radius 1 is 1.20 bits per heavy atom. The van der Waals surface area contributed by atoms with Crippen molar-refractivity contribution >= 4 is 5.82 Å². The number of nitriles is 1. The average Bonchev–Trinajstić information content (AvgIpc) is 2.44. The van der Waals surface area contributed by atoms with Gasteiger partial charge in [-0.05, 0) is 43.9 Å². The van der Waals surface area contributed by atoms with Gasteiger partial charge in [0.05, 0.1) is 5.56 Å². The van der Waals surface area contributed by atoms with Crippen LogP contribution in [-0.2, 0) is 6.42 Å². The molecule has 0 bridgehead atoms. The molecule has 1 aromatic heterocycles. The molecule has 3 heteroatoms. The first-order chi connectivity index (χ1) is 9.70. The van der Waals surface area contributed by atoms with Crippen molar-refractivity contribution in [3.8, 4) is 6.07 Å². The first kappa shape index (κ1) is 14.1. The van der Waals surface area contributed by atoms with Crippen molar-refractivity contribution in [3.63, 3.8) is 0 Å². The van der Waals surface area contributed by atoms with Crippen LogP contribution in [0.2, 0.25) is 0 Å². The number of nitrogens with zero attached hydrogens (tertiary/aromatic N) is 2. The van der Waals surface area contributed by atoms with Crippen LogP contribution in [0, 0.1) is 25.2 Å². The smallest absolute Gasteiger partial charge is 0.144 e. The van der Waals surface area contributed by atoms with Gasteiger partial charge in [-0.3, -0.25) is 0 Å². The number of benzene rings is 1. The largest absolute Gasteiger partial charge is 0.369 e. The molecule has 20 heavy (non-hydrogen) atoms. The molecular weight excluding hydrogens is 246 g/mol. The van der Waals surface area contributed by atoms with Crippen LogP contribution in [0.1, 0.15) is 28.8 Å². The van der Waals surface area contributed by atoms with E-state index in [0.29, 0.717) is 11.4 Å². The minimum absolute atomic E-state index is 0.648. The van der Waals surface area contributed by atoms with Crippen LogP contribution in [-0.4, -0.2) is 11.5 Å². The molecule has 0 radical (unpaired) electrons. The number of rotatable bonds is 5. The summed E-state index contributed by atoms with van der Waals surface area (Å²) in [7, 11) is 0. The lowest BCUT2D eigenvalue weighted by molar-refractivity contribution is 0.857. The summed E-state index contributed by atoms with van der Waals surface area (Å²) in [5.74, 6) is 0.707. The van der Waals surface area contributed by atoms with Gasteiger partial charge in [-0.2, -0.15) is 5.26 Å². The fourth-order valence-electron chi connectivity index (χ4n) is 2.25. The molecule has 0 saturated heterocycles. The van der Waals surface area contributed by atoms with Gasteiger partial charge in [0.15, 0.2) is 0 Å². The molecule has 1 N–H and O–H groups in total. The molecule has 1 heterocycles. The van der Waals surface area contributed by atoms with E-state index in [1.54, 1.807) is 0 Å². The molecule has 0 saturated carbocycles. The molecule has 0 amide bonds. The van der Waals surface area contributed by atoms with Gasteiger partial charge in [0.2, 0.25) is 0 Å². The van der Waals surface area contributed by atoms with Gasteiger partial charge in [-0.25, -0.2) is 4.98 Å². The van der Waals surface area contributed by atoms with E-state index in [0.717, 1.165) is 30.6 Å². The minimum Gasteiger partial charge on any atom is -0.369 e. The number of hydrogen-bond donors (Lipinski definition) is 1. The van der Waals surface area contributed by atoms with Crippen LogP contribution in [0.5, 0.6) is 0 Å². The van der Waals surface area contributed by atoms with E-state index >= 15 is 0 Å². The molecule has 0 aliphatic carbocycles. The van der Waals surface area contributed by atoms with Crippen molar-refractivity contribution in [1.82, 2.24) is 4.98 Å². The highest BCUT2D eigenvalue weighted by Gasteiger charge is 2.07. The molecule has 0 unspecified atom stereocenters. The zero-order chi connectivity index (χ0) is 14.4. The summed E-state index contributed by atoms with van der Waals surface area (Å²) < 4.78 is 0. The van der Waals surface area contributed by atoms with Crippen LogP contribution < -0.4 is 5.32 Å². The number of hydrogen-bond acceptors (Lipinski definition) is 3. The number of anilines is 1. The van der Waals surface area contributed by atoms with Crippen LogP contribution >= 0.6 is 0 Å². The molecule has 0 spiro atoms. The Morgan fingerprint density at radius 2 is 1.95 bits per heavy atom. The molecule has 2 aromatic rings. The topological polar surface area (TPSA) is 48.7 Å². The van der Waals surface area contributed by atoms with Crippen molar-refractivity contribution in [2.24, 2.45) is 0 Å². The van der Waals surface area contributed by atoms with E-state index in [1.165, 1.54) is 5.56 Å². The highest BCUT2D eigenvalue weighted by molar-refractivity contribution is 5.56. The molecule has 1 aromatic carbocycles. The normalized spacial score (nSPS) is 10.1. The van der Waals surface area contributed by atoms with Gasteiger partial charge in [0, 0.05) is 12.2 Å². The third kappa shape index (κ3) is 3.58. The second-order valence-electron chi connectivity index (χ2n) is 4.93. The quantitative estimate of drug-likeness (QED) is 0.840. The highest BCUT2D eigenvalue weighted by Crippen LogP contribution is 2.17. The maximum Gasteiger partial charge on any atom is 0.144 e. The fourth-order valence-corrected chi connectivity index (χ4v) is 2.25. The molecule has 0 aliphatic rings. The molecule has 0 aliphatic heterocycles. The minimum atomic E-state index is 0.648. The van der Waals surface area contributed by atoms with Gasteiger partial charge in [-0.15, -0.1) is 0 Å². The summed E-state index contributed by atoms with van der Waals surface area (Å²) >= 11 is 0. The zero-order valence-corrected chi connectivity index (χ0v) is 12.0. The van der Waals surface area contributed by atoms with E-state index in [4.69, 9.17) is 0 Å². The molecule has 2 rings (SSSR count). The number of nitrogens with one attached hydrogen (secondary N) is 1. The second-order valence-corrected chi connectivity index (χ2v) is 4.93. The van der Waals surface area contributed by atoms with Crippen LogP contribution in [0.3, 0.4) is 0 Å². The highest BCUT2D eigenvalue weighted by atomic mass is 15.0. The third-order valence-corrected chi connectivity index (χ3v) is 3.23. The standard InChI is InChI=1S/C17H19N3/c1-13-11-14(2)20-17(16(13)12-18)19-10-6-9-15-7-4-3-5-8-15/h3-5,7-8,11H,6,9-10H2,1-2H3,(H,19,20). The lowest BCUT2D eigenvalue weighted by Gasteiger charge is -2.10. The van der Waals surface area contributed by atoms with Crippen molar-refractivity contribution in [2.75, 3.05) is 11.9 Å². The van der Waals surface area contributed by atoms with Gasteiger partial charge in [0.1, 0.15) is 11.9 Å². The second kappa shape index (κ2) is 6.72. The number of pyridine rings is 1. The summed E-state index contributed by atoms with van der Waals surface area (Å²) in [6.45, 7) is 4.71. The summed E-state index contributed by atoms with van der Waals surface area (Å²) in [5, 5.41) is 12.5. The van der Waals surface area contributed by atoms with E-state index < -0.39 is 0 Å². The zero-order valence-electron chi connectivity index (χ0n) is 12.0. The molecule has 3 nitrogen and oxygen atoms in total. The average molecular weight is 265 g/mol. The predicted molar refractivity (Wildman–Crippen MR) is 81.7 cm³/mol. The Labute approximate surface area is 120 Å². The Bertz CT molecular complexity index is 612. The van der Waals surface area contributed by atoms with Crippen molar-refractivity contribution in [1.29, 1.82) is 5.26 Å². The van der Waals surface area contributed by atoms with E-state index in [1.807, 2.05) is 26.0 Å². The van der Waals surface area contributed by atoms with Crippen molar-refractivity contribution < 1.29 is 0 Å². The monoisotopic (exact) mass is 265 g/mol. The van der Waals surface area contributed by atoms with Gasteiger partial charge < -0.3 is 5.32 Å². The van der Waals surface area contributed by atoms with Gasteiger partial charge >= 0.3 is 0 Å². The van der Waals surface area contributed by atoms with E-state index in [9.17, 15) is 5.26 Å². The van der Waals surface area contributed by atoms with Crippen LogP contribution in [0.4, 0.5) is 5.82 Å². The predicted octanol–water partition coefficient (Wildman–Crippen LogP) is 3.61. The molecule has 0 atom stereocenters. The summed E-state index contributed by atoms with van der Waals surface area (Å²) in [6.07, 6.45) is 2.05. The molecule has 102 valence electrons. The lowest BCUT2D eigenvalue weighted by Crippen LogP contribution is -2.08. The van der Waals surface area contributed by atoms with Crippen LogP contribution in [0.25, 0.3) is 0 Å². The first-order valence-corrected chi connectivity index (χ1v) is 6.87. The molecule has 0 fully saturated rings. The van der Waals surface area contributed by atoms with Crippen molar-refractivity contribution in [2.45, 2.75) is 26.7 Å². The van der Waals surface area contributed by atoms with Gasteiger partial charge in [-0.1, -0.05) is 30.3 Å². The molecular formula is C17H19N3. The Morgan fingerprint density at radius 3 is 2.65 bits per heavy atom. The van der Waals surface area contributed by atoms with Crippen LogP contribution in [0.15, 0.2) is 36.4 Å².